The monoisotopic (exact) mass is 267 g/mol. The Kier molecular flexibility index (Phi) is 6.45. The van der Waals surface area contributed by atoms with Crippen molar-refractivity contribution in [3.8, 4) is 0 Å². The van der Waals surface area contributed by atoms with Crippen molar-refractivity contribution in [2.45, 2.75) is 19.9 Å². The summed E-state index contributed by atoms with van der Waals surface area (Å²) in [7, 11) is 0. The van der Waals surface area contributed by atoms with E-state index >= 15 is 0 Å². The van der Waals surface area contributed by atoms with Crippen LogP contribution in [-0.2, 0) is 4.79 Å². The molecule has 19 heavy (non-hydrogen) atoms. The van der Waals surface area contributed by atoms with Gasteiger partial charge in [0, 0.05) is 18.7 Å². The third-order valence-electron chi connectivity index (χ3n) is 3.06. The summed E-state index contributed by atoms with van der Waals surface area (Å²) in [6.45, 7) is 5.51. The van der Waals surface area contributed by atoms with Crippen molar-refractivity contribution in [2.75, 3.05) is 26.2 Å². The second-order valence-electron chi connectivity index (χ2n) is 4.29. The van der Waals surface area contributed by atoms with Crippen LogP contribution in [0.1, 0.15) is 25.5 Å². The molecular formula is C14H22FN3O. The van der Waals surface area contributed by atoms with Gasteiger partial charge in [-0.15, -0.1) is 0 Å². The van der Waals surface area contributed by atoms with Gasteiger partial charge >= 0.3 is 0 Å². The molecule has 1 aromatic rings. The highest BCUT2D eigenvalue weighted by Crippen LogP contribution is 2.21. The number of nitrogens with zero attached hydrogens (tertiary/aromatic N) is 1. The zero-order chi connectivity index (χ0) is 14.3. The summed E-state index contributed by atoms with van der Waals surface area (Å²) < 4.78 is 13.8. The molecule has 0 radical (unpaired) electrons. The fraction of sp³-hybridized carbons (Fsp3) is 0.500. The van der Waals surface area contributed by atoms with Crippen molar-refractivity contribution in [3.63, 3.8) is 0 Å². The van der Waals surface area contributed by atoms with Crippen LogP contribution >= 0.6 is 0 Å². The van der Waals surface area contributed by atoms with E-state index in [1.807, 2.05) is 18.7 Å². The van der Waals surface area contributed by atoms with E-state index in [4.69, 9.17) is 5.73 Å². The van der Waals surface area contributed by atoms with E-state index in [9.17, 15) is 9.18 Å². The quantitative estimate of drug-likeness (QED) is 0.782. The molecule has 0 aliphatic heterocycles. The minimum Gasteiger partial charge on any atom is -0.355 e. The number of carbonyl (C=O) groups excluding carboxylic acids is 1. The van der Waals surface area contributed by atoms with Gasteiger partial charge < -0.3 is 11.1 Å². The summed E-state index contributed by atoms with van der Waals surface area (Å²) in [6, 6.07) is 6.27. The molecule has 4 nitrogen and oxygen atoms in total. The Morgan fingerprint density at radius 3 is 2.63 bits per heavy atom. The van der Waals surface area contributed by atoms with E-state index < -0.39 is 0 Å². The maximum Gasteiger partial charge on any atom is 0.234 e. The van der Waals surface area contributed by atoms with Gasteiger partial charge in [0.2, 0.25) is 5.91 Å². The molecule has 5 heteroatoms. The number of rotatable bonds is 7. The Bertz CT molecular complexity index is 411. The van der Waals surface area contributed by atoms with Gasteiger partial charge in [0.15, 0.2) is 0 Å². The zero-order valence-electron chi connectivity index (χ0n) is 11.5. The maximum atomic E-state index is 13.8. The molecule has 0 bridgehead atoms. The average molecular weight is 267 g/mol. The number of hydrogen-bond acceptors (Lipinski definition) is 3. The molecule has 0 aliphatic rings. The normalized spacial score (nSPS) is 12.5. The van der Waals surface area contributed by atoms with E-state index in [0.717, 1.165) is 0 Å². The fourth-order valence-corrected chi connectivity index (χ4v) is 2.10. The van der Waals surface area contributed by atoms with Crippen LogP contribution < -0.4 is 11.1 Å². The van der Waals surface area contributed by atoms with E-state index in [-0.39, 0.29) is 30.9 Å². The molecular weight excluding hydrogens is 245 g/mol. The first-order valence-corrected chi connectivity index (χ1v) is 6.59. The van der Waals surface area contributed by atoms with Crippen molar-refractivity contribution < 1.29 is 9.18 Å². The third kappa shape index (κ3) is 4.29. The second kappa shape index (κ2) is 7.86. The third-order valence-corrected chi connectivity index (χ3v) is 3.06. The number of nitrogens with one attached hydrogen (secondary N) is 1. The number of carbonyl (C=O) groups is 1. The summed E-state index contributed by atoms with van der Waals surface area (Å²) in [5.41, 5.74) is 6.30. The molecule has 1 rings (SSSR count). The van der Waals surface area contributed by atoms with Crippen LogP contribution in [0.2, 0.25) is 0 Å². The standard InChI is InChI=1S/C14H22FN3O/c1-3-17-14(19)10-18(4-2)13(9-16)11-7-5-6-8-12(11)15/h5-8,13H,3-4,9-10,16H2,1-2H3,(H,17,19). The molecule has 0 spiro atoms. The van der Waals surface area contributed by atoms with Crippen LogP contribution in [0.15, 0.2) is 24.3 Å². The molecule has 1 atom stereocenters. The van der Waals surface area contributed by atoms with Gasteiger partial charge in [-0.05, 0) is 19.5 Å². The summed E-state index contributed by atoms with van der Waals surface area (Å²) in [5, 5.41) is 2.74. The minimum atomic E-state index is -0.285. The van der Waals surface area contributed by atoms with Crippen LogP contribution in [0.4, 0.5) is 4.39 Å². The molecule has 0 aromatic heterocycles. The number of halogens is 1. The van der Waals surface area contributed by atoms with Gasteiger partial charge in [0.25, 0.3) is 0 Å². The first kappa shape index (κ1) is 15.6. The molecule has 1 aromatic carbocycles. The first-order valence-electron chi connectivity index (χ1n) is 6.59. The van der Waals surface area contributed by atoms with Gasteiger partial charge in [-0.3, -0.25) is 9.69 Å². The highest BCUT2D eigenvalue weighted by molar-refractivity contribution is 5.78. The van der Waals surface area contributed by atoms with Crippen LogP contribution in [0.5, 0.6) is 0 Å². The Morgan fingerprint density at radius 2 is 2.11 bits per heavy atom. The Morgan fingerprint density at radius 1 is 1.42 bits per heavy atom. The van der Waals surface area contributed by atoms with Crippen molar-refractivity contribution in [2.24, 2.45) is 5.73 Å². The van der Waals surface area contributed by atoms with Gasteiger partial charge in [0.05, 0.1) is 12.6 Å². The fourth-order valence-electron chi connectivity index (χ4n) is 2.10. The molecule has 3 N–H and O–H groups in total. The van der Waals surface area contributed by atoms with Crippen molar-refractivity contribution in [1.29, 1.82) is 0 Å². The molecule has 1 unspecified atom stereocenters. The lowest BCUT2D eigenvalue weighted by Crippen LogP contribution is -2.41. The van der Waals surface area contributed by atoms with Gasteiger partial charge in [-0.1, -0.05) is 25.1 Å². The van der Waals surface area contributed by atoms with Crippen LogP contribution in [0.25, 0.3) is 0 Å². The van der Waals surface area contributed by atoms with Crippen molar-refractivity contribution in [3.05, 3.63) is 35.6 Å². The lowest BCUT2D eigenvalue weighted by Gasteiger charge is -2.29. The van der Waals surface area contributed by atoms with E-state index in [0.29, 0.717) is 18.7 Å². The topological polar surface area (TPSA) is 58.4 Å². The summed E-state index contributed by atoms with van der Waals surface area (Å²) in [6.07, 6.45) is 0. The van der Waals surface area contributed by atoms with Gasteiger partial charge in [-0.25, -0.2) is 4.39 Å². The van der Waals surface area contributed by atoms with Crippen molar-refractivity contribution in [1.82, 2.24) is 10.2 Å². The van der Waals surface area contributed by atoms with Crippen LogP contribution in [0.3, 0.4) is 0 Å². The summed E-state index contributed by atoms with van der Waals surface area (Å²) in [5.74, 6) is -0.355. The first-order chi connectivity index (χ1) is 9.13. The number of likely N-dealkylation sites (N-methyl/N-ethyl adjacent to an activating group) is 2. The number of nitrogens with two attached hydrogens (primary N) is 1. The van der Waals surface area contributed by atoms with Crippen LogP contribution in [-0.4, -0.2) is 37.0 Å². The molecule has 0 aliphatic carbocycles. The predicted molar refractivity (Wildman–Crippen MR) is 74.1 cm³/mol. The number of hydrogen-bond donors (Lipinski definition) is 2. The Hall–Kier alpha value is -1.46. The molecule has 0 fully saturated rings. The highest BCUT2D eigenvalue weighted by Gasteiger charge is 2.22. The molecule has 1 amide bonds. The Balaban J connectivity index is 2.87. The average Bonchev–Trinajstić information content (AvgIpc) is 2.40. The lowest BCUT2D eigenvalue weighted by atomic mass is 10.0. The summed E-state index contributed by atoms with van der Waals surface area (Å²) >= 11 is 0. The molecule has 0 saturated heterocycles. The maximum absolute atomic E-state index is 13.8. The van der Waals surface area contributed by atoms with E-state index in [1.54, 1.807) is 18.2 Å². The largest absolute Gasteiger partial charge is 0.355 e. The van der Waals surface area contributed by atoms with Gasteiger partial charge in [-0.2, -0.15) is 0 Å². The predicted octanol–water partition coefficient (Wildman–Crippen LogP) is 1.28. The highest BCUT2D eigenvalue weighted by atomic mass is 19.1. The SMILES string of the molecule is CCNC(=O)CN(CC)C(CN)c1ccccc1F. The van der Waals surface area contributed by atoms with E-state index in [1.165, 1.54) is 6.07 Å². The molecule has 0 heterocycles. The second-order valence-corrected chi connectivity index (χ2v) is 4.29. The number of benzene rings is 1. The zero-order valence-corrected chi connectivity index (χ0v) is 11.5. The summed E-state index contributed by atoms with van der Waals surface area (Å²) in [4.78, 5) is 13.5. The van der Waals surface area contributed by atoms with Crippen LogP contribution in [0, 0.1) is 5.82 Å². The Labute approximate surface area is 113 Å². The lowest BCUT2D eigenvalue weighted by molar-refractivity contribution is -0.122. The minimum absolute atomic E-state index is 0.0702. The van der Waals surface area contributed by atoms with E-state index in [2.05, 4.69) is 5.32 Å². The smallest absolute Gasteiger partial charge is 0.234 e. The van der Waals surface area contributed by atoms with Gasteiger partial charge in [0.1, 0.15) is 5.82 Å². The molecule has 0 saturated carbocycles. The molecule has 106 valence electrons. The van der Waals surface area contributed by atoms with Crippen molar-refractivity contribution >= 4 is 5.91 Å². The number of amides is 1.